The predicted molar refractivity (Wildman–Crippen MR) is 73.5 cm³/mol. The van der Waals surface area contributed by atoms with E-state index in [4.69, 9.17) is 0 Å². The summed E-state index contributed by atoms with van der Waals surface area (Å²) < 4.78 is 26.6. The molecule has 0 aliphatic carbocycles. The zero-order valence-electron chi connectivity index (χ0n) is 11.7. The zero-order chi connectivity index (χ0) is 14.0. The first-order valence-electron chi connectivity index (χ1n) is 6.61. The average molecular weight is 286 g/mol. The molecule has 1 aliphatic heterocycles. The molecule has 2 rings (SSSR count). The third-order valence-electron chi connectivity index (χ3n) is 3.64. The Morgan fingerprint density at radius 1 is 1.42 bits per heavy atom. The van der Waals surface area contributed by atoms with E-state index in [1.54, 1.807) is 20.9 Å². The van der Waals surface area contributed by atoms with Crippen molar-refractivity contribution in [1.82, 2.24) is 19.8 Å². The molecule has 0 spiro atoms. The van der Waals surface area contributed by atoms with E-state index in [1.165, 1.54) is 4.31 Å². The van der Waals surface area contributed by atoms with Crippen LogP contribution in [0, 0.1) is 19.8 Å². The molecular weight excluding hydrogens is 264 g/mol. The molecule has 2 N–H and O–H groups in total. The molecule has 0 saturated carbocycles. The standard InChI is InChI=1S/C12H22N4O2S/c1-9-12(10(2)15-14-9)19(17,18)16(3)8-11-5-4-6-13-7-11/h11,13H,4-8H2,1-3H3,(H,14,15). The van der Waals surface area contributed by atoms with E-state index in [2.05, 4.69) is 15.5 Å². The van der Waals surface area contributed by atoms with Crippen molar-refractivity contribution in [2.24, 2.45) is 5.92 Å². The number of sulfonamides is 1. The third-order valence-corrected chi connectivity index (χ3v) is 5.73. The molecule has 2 heterocycles. The van der Waals surface area contributed by atoms with Gasteiger partial charge in [0.1, 0.15) is 4.90 Å². The summed E-state index contributed by atoms with van der Waals surface area (Å²) in [5.41, 5.74) is 1.14. The molecule has 1 saturated heterocycles. The van der Waals surface area contributed by atoms with Gasteiger partial charge in [-0.2, -0.15) is 5.10 Å². The molecule has 1 unspecified atom stereocenters. The van der Waals surface area contributed by atoms with Crippen molar-refractivity contribution in [3.05, 3.63) is 11.4 Å². The molecule has 1 aromatic rings. The molecule has 108 valence electrons. The fourth-order valence-electron chi connectivity index (χ4n) is 2.62. The summed E-state index contributed by atoms with van der Waals surface area (Å²) in [6.07, 6.45) is 2.19. The number of nitrogens with one attached hydrogen (secondary N) is 2. The summed E-state index contributed by atoms with van der Waals surface area (Å²) in [6, 6.07) is 0. The largest absolute Gasteiger partial charge is 0.316 e. The lowest BCUT2D eigenvalue weighted by Gasteiger charge is -2.27. The van der Waals surface area contributed by atoms with Gasteiger partial charge in [0.05, 0.1) is 11.4 Å². The minimum Gasteiger partial charge on any atom is -0.316 e. The number of rotatable bonds is 4. The molecule has 0 amide bonds. The van der Waals surface area contributed by atoms with Crippen LogP contribution in [-0.4, -0.2) is 49.6 Å². The summed E-state index contributed by atoms with van der Waals surface area (Å²) in [5, 5.41) is 10.0. The van der Waals surface area contributed by atoms with E-state index in [1.807, 2.05) is 0 Å². The maximum absolute atomic E-state index is 12.6. The van der Waals surface area contributed by atoms with Gasteiger partial charge in [0, 0.05) is 13.6 Å². The van der Waals surface area contributed by atoms with Gasteiger partial charge in [-0.25, -0.2) is 12.7 Å². The van der Waals surface area contributed by atoms with Crippen LogP contribution in [0.2, 0.25) is 0 Å². The predicted octanol–water partition coefficient (Wildman–Crippen LogP) is 0.647. The average Bonchev–Trinajstić information content (AvgIpc) is 2.70. The van der Waals surface area contributed by atoms with Crippen LogP contribution in [0.5, 0.6) is 0 Å². The smallest absolute Gasteiger partial charge is 0.246 e. The number of hydrogen-bond acceptors (Lipinski definition) is 4. The van der Waals surface area contributed by atoms with Crippen molar-refractivity contribution in [3.8, 4) is 0 Å². The van der Waals surface area contributed by atoms with Gasteiger partial charge < -0.3 is 5.32 Å². The molecule has 0 bridgehead atoms. The van der Waals surface area contributed by atoms with Gasteiger partial charge in [-0.3, -0.25) is 5.10 Å². The minimum atomic E-state index is -3.44. The first-order valence-corrected chi connectivity index (χ1v) is 8.05. The van der Waals surface area contributed by atoms with Crippen LogP contribution in [0.15, 0.2) is 4.90 Å². The van der Waals surface area contributed by atoms with E-state index in [-0.39, 0.29) is 0 Å². The van der Waals surface area contributed by atoms with E-state index in [0.717, 1.165) is 25.9 Å². The minimum absolute atomic E-state index is 0.318. The summed E-state index contributed by atoms with van der Waals surface area (Å²) in [4.78, 5) is 0.318. The number of aryl methyl sites for hydroxylation is 2. The van der Waals surface area contributed by atoms with Crippen molar-refractivity contribution in [3.63, 3.8) is 0 Å². The first-order chi connectivity index (χ1) is 8.93. The molecule has 0 aromatic carbocycles. The molecular formula is C12H22N4O2S. The van der Waals surface area contributed by atoms with Gasteiger partial charge in [0.15, 0.2) is 0 Å². The number of aromatic amines is 1. The van der Waals surface area contributed by atoms with Crippen LogP contribution in [0.1, 0.15) is 24.2 Å². The second kappa shape index (κ2) is 5.60. The van der Waals surface area contributed by atoms with Crippen LogP contribution >= 0.6 is 0 Å². The zero-order valence-corrected chi connectivity index (χ0v) is 12.5. The van der Waals surface area contributed by atoms with E-state index < -0.39 is 10.0 Å². The van der Waals surface area contributed by atoms with E-state index in [9.17, 15) is 8.42 Å². The maximum Gasteiger partial charge on any atom is 0.246 e. The normalized spacial score (nSPS) is 20.9. The molecule has 1 fully saturated rings. The molecule has 19 heavy (non-hydrogen) atoms. The molecule has 1 atom stereocenters. The highest BCUT2D eigenvalue weighted by atomic mass is 32.2. The SMILES string of the molecule is Cc1n[nH]c(C)c1S(=O)(=O)N(C)CC1CCCNC1. The van der Waals surface area contributed by atoms with E-state index >= 15 is 0 Å². The fourth-order valence-corrected chi connectivity index (χ4v) is 4.19. The highest BCUT2D eigenvalue weighted by molar-refractivity contribution is 7.89. The Hall–Kier alpha value is -0.920. The van der Waals surface area contributed by atoms with Crippen LogP contribution < -0.4 is 5.32 Å². The number of H-pyrrole nitrogens is 1. The number of hydrogen-bond donors (Lipinski definition) is 2. The summed E-state index contributed by atoms with van der Waals surface area (Å²) in [7, 11) is -1.80. The fraction of sp³-hybridized carbons (Fsp3) is 0.750. The Morgan fingerprint density at radius 2 is 2.16 bits per heavy atom. The van der Waals surface area contributed by atoms with Gasteiger partial charge in [-0.05, 0) is 45.7 Å². The number of nitrogens with zero attached hydrogens (tertiary/aromatic N) is 2. The highest BCUT2D eigenvalue weighted by Crippen LogP contribution is 2.22. The summed E-state index contributed by atoms with van der Waals surface area (Å²) >= 11 is 0. The lowest BCUT2D eigenvalue weighted by molar-refractivity contribution is 0.314. The lowest BCUT2D eigenvalue weighted by atomic mass is 10.00. The Labute approximate surface area is 114 Å². The first kappa shape index (κ1) is 14.5. The Balaban J connectivity index is 2.15. The maximum atomic E-state index is 12.6. The summed E-state index contributed by atoms with van der Waals surface area (Å²) in [6.45, 7) is 5.94. The summed E-state index contributed by atoms with van der Waals surface area (Å²) in [5.74, 6) is 0.390. The van der Waals surface area contributed by atoms with Crippen LogP contribution in [0.3, 0.4) is 0 Å². The lowest BCUT2D eigenvalue weighted by Crippen LogP contribution is -2.39. The van der Waals surface area contributed by atoms with Gasteiger partial charge in [-0.15, -0.1) is 0 Å². The Kier molecular flexibility index (Phi) is 4.27. The Morgan fingerprint density at radius 3 is 2.68 bits per heavy atom. The highest BCUT2D eigenvalue weighted by Gasteiger charge is 2.29. The van der Waals surface area contributed by atoms with Crippen molar-refractivity contribution in [2.75, 3.05) is 26.7 Å². The number of piperidine rings is 1. The molecule has 0 radical (unpaired) electrons. The van der Waals surface area contributed by atoms with Gasteiger partial charge in [0.2, 0.25) is 10.0 Å². The van der Waals surface area contributed by atoms with Crippen molar-refractivity contribution >= 4 is 10.0 Å². The van der Waals surface area contributed by atoms with Gasteiger partial charge in [0.25, 0.3) is 0 Å². The van der Waals surface area contributed by atoms with Crippen molar-refractivity contribution in [1.29, 1.82) is 0 Å². The van der Waals surface area contributed by atoms with Crippen LogP contribution in [0.25, 0.3) is 0 Å². The van der Waals surface area contributed by atoms with Crippen molar-refractivity contribution in [2.45, 2.75) is 31.6 Å². The van der Waals surface area contributed by atoms with Crippen LogP contribution in [0.4, 0.5) is 0 Å². The third kappa shape index (κ3) is 2.98. The second-order valence-electron chi connectivity index (χ2n) is 5.26. The van der Waals surface area contributed by atoms with Crippen LogP contribution in [-0.2, 0) is 10.0 Å². The van der Waals surface area contributed by atoms with Crippen molar-refractivity contribution < 1.29 is 8.42 Å². The van der Waals surface area contributed by atoms with Gasteiger partial charge >= 0.3 is 0 Å². The molecule has 1 aliphatic rings. The van der Waals surface area contributed by atoms with Gasteiger partial charge in [-0.1, -0.05) is 0 Å². The second-order valence-corrected chi connectivity index (χ2v) is 7.24. The molecule has 6 nitrogen and oxygen atoms in total. The Bertz CT molecular complexity index is 512. The van der Waals surface area contributed by atoms with E-state index in [0.29, 0.717) is 28.7 Å². The molecule has 1 aromatic heterocycles. The topological polar surface area (TPSA) is 78.1 Å². The monoisotopic (exact) mass is 286 g/mol. The molecule has 7 heteroatoms. The quantitative estimate of drug-likeness (QED) is 0.852. The number of aromatic nitrogens is 2.